The third-order valence-electron chi connectivity index (χ3n) is 4.92. The summed E-state index contributed by atoms with van der Waals surface area (Å²) in [5, 5.41) is 0.600. The average molecular weight is 514 g/mol. The van der Waals surface area contributed by atoms with Gasteiger partial charge in [-0.2, -0.15) is 0 Å². The van der Waals surface area contributed by atoms with Gasteiger partial charge < -0.3 is 14.2 Å². The van der Waals surface area contributed by atoms with E-state index in [0.717, 1.165) is 10.0 Å². The first-order chi connectivity index (χ1) is 15.3. The standard InChI is InChI=1S/C25H18BrClO5/c1-14-9-19(31-23(28)10-15-3-6-18(27)7-4-15)13-21-24(14)25(29)22(32-21)12-16-11-17(26)5-8-20(16)30-2/h3-9,11-13H,10H2,1-2H3/b22-12-. The van der Waals surface area contributed by atoms with Crippen LogP contribution in [-0.2, 0) is 11.2 Å². The van der Waals surface area contributed by atoms with Crippen molar-refractivity contribution >= 4 is 45.4 Å². The van der Waals surface area contributed by atoms with Crippen molar-refractivity contribution in [2.24, 2.45) is 0 Å². The molecule has 0 unspecified atom stereocenters. The molecule has 3 aromatic carbocycles. The van der Waals surface area contributed by atoms with Crippen LogP contribution in [0.2, 0.25) is 5.02 Å². The number of esters is 1. The monoisotopic (exact) mass is 512 g/mol. The number of aryl methyl sites for hydroxylation is 1. The molecule has 0 atom stereocenters. The minimum atomic E-state index is -0.425. The Morgan fingerprint density at radius 3 is 2.59 bits per heavy atom. The van der Waals surface area contributed by atoms with Crippen LogP contribution >= 0.6 is 27.5 Å². The molecule has 0 radical (unpaired) electrons. The Labute approximate surface area is 198 Å². The fraction of sp³-hybridized carbons (Fsp3) is 0.120. The van der Waals surface area contributed by atoms with E-state index >= 15 is 0 Å². The molecule has 1 heterocycles. The molecule has 1 aliphatic rings. The lowest BCUT2D eigenvalue weighted by Crippen LogP contribution is -2.11. The van der Waals surface area contributed by atoms with E-state index in [1.807, 2.05) is 12.1 Å². The molecule has 0 N–H and O–H groups in total. The fourth-order valence-electron chi connectivity index (χ4n) is 3.43. The van der Waals surface area contributed by atoms with Gasteiger partial charge in [0.2, 0.25) is 5.78 Å². The van der Waals surface area contributed by atoms with Gasteiger partial charge in [-0.05, 0) is 60.5 Å². The Kier molecular flexibility index (Phi) is 6.35. The number of carbonyl (C=O) groups excluding carboxylic acids is 2. The quantitative estimate of drug-likeness (QED) is 0.231. The van der Waals surface area contributed by atoms with Gasteiger partial charge in [0.1, 0.15) is 17.2 Å². The molecule has 0 saturated heterocycles. The number of hydrogen-bond acceptors (Lipinski definition) is 5. The normalized spacial score (nSPS) is 13.6. The number of fused-ring (bicyclic) bond motifs is 1. The molecular formula is C25H18BrClO5. The summed E-state index contributed by atoms with van der Waals surface area (Å²) in [7, 11) is 1.56. The Hall–Kier alpha value is -3.09. The first-order valence-corrected chi connectivity index (χ1v) is 10.9. The maximum atomic E-state index is 12.9. The second-order valence-corrected chi connectivity index (χ2v) is 8.57. The van der Waals surface area contributed by atoms with E-state index in [-0.39, 0.29) is 18.0 Å². The Morgan fingerprint density at radius 2 is 1.88 bits per heavy atom. The zero-order chi connectivity index (χ0) is 22.8. The predicted octanol–water partition coefficient (Wildman–Crippen LogP) is 6.18. The van der Waals surface area contributed by atoms with Gasteiger partial charge in [-0.15, -0.1) is 0 Å². The number of allylic oxidation sites excluding steroid dienone is 1. The van der Waals surface area contributed by atoms with E-state index in [1.54, 1.807) is 62.6 Å². The third-order valence-corrected chi connectivity index (χ3v) is 5.66. The summed E-state index contributed by atoms with van der Waals surface area (Å²) in [5.74, 6) is 0.786. The first kappa shape index (κ1) is 22.1. The van der Waals surface area contributed by atoms with Gasteiger partial charge in [0.15, 0.2) is 5.76 Å². The van der Waals surface area contributed by atoms with E-state index in [2.05, 4.69) is 15.9 Å². The SMILES string of the molecule is COc1ccc(Br)cc1/C=C1\Oc2cc(OC(=O)Cc3ccc(Cl)cc3)cc(C)c2C1=O. The molecule has 162 valence electrons. The molecular weight excluding hydrogens is 496 g/mol. The van der Waals surface area contributed by atoms with Crippen molar-refractivity contribution in [3.63, 3.8) is 0 Å². The second kappa shape index (κ2) is 9.18. The molecule has 0 spiro atoms. The van der Waals surface area contributed by atoms with Crippen molar-refractivity contribution in [1.82, 2.24) is 0 Å². The van der Waals surface area contributed by atoms with E-state index < -0.39 is 5.97 Å². The van der Waals surface area contributed by atoms with Crippen LogP contribution < -0.4 is 14.2 Å². The number of methoxy groups -OCH3 is 1. The van der Waals surface area contributed by atoms with Crippen LogP contribution in [0.25, 0.3) is 6.08 Å². The Morgan fingerprint density at radius 1 is 1.12 bits per heavy atom. The molecule has 7 heteroatoms. The van der Waals surface area contributed by atoms with Gasteiger partial charge in [-0.25, -0.2) is 0 Å². The fourth-order valence-corrected chi connectivity index (χ4v) is 3.94. The highest BCUT2D eigenvalue weighted by molar-refractivity contribution is 9.10. The summed E-state index contributed by atoms with van der Waals surface area (Å²) in [6, 6.07) is 15.7. The van der Waals surface area contributed by atoms with Crippen LogP contribution in [0.5, 0.6) is 17.2 Å². The van der Waals surface area contributed by atoms with Gasteiger partial charge >= 0.3 is 5.97 Å². The topological polar surface area (TPSA) is 61.8 Å². The van der Waals surface area contributed by atoms with Crippen molar-refractivity contribution in [3.8, 4) is 17.2 Å². The smallest absolute Gasteiger partial charge is 0.315 e. The van der Waals surface area contributed by atoms with E-state index in [9.17, 15) is 9.59 Å². The third kappa shape index (κ3) is 4.71. The summed E-state index contributed by atoms with van der Waals surface area (Å²) in [5.41, 5.74) is 2.59. The largest absolute Gasteiger partial charge is 0.496 e. The van der Waals surface area contributed by atoms with Crippen LogP contribution in [0, 0.1) is 6.92 Å². The Balaban J connectivity index is 1.56. The van der Waals surface area contributed by atoms with Gasteiger partial charge in [-0.3, -0.25) is 9.59 Å². The molecule has 0 amide bonds. The highest BCUT2D eigenvalue weighted by Gasteiger charge is 2.30. The van der Waals surface area contributed by atoms with Crippen molar-refractivity contribution in [2.75, 3.05) is 7.11 Å². The maximum absolute atomic E-state index is 12.9. The van der Waals surface area contributed by atoms with Gasteiger partial charge in [-0.1, -0.05) is 39.7 Å². The van der Waals surface area contributed by atoms with Gasteiger partial charge in [0.05, 0.1) is 19.1 Å². The van der Waals surface area contributed by atoms with Crippen molar-refractivity contribution in [1.29, 1.82) is 0 Å². The van der Waals surface area contributed by atoms with Crippen molar-refractivity contribution in [3.05, 3.63) is 92.1 Å². The minimum Gasteiger partial charge on any atom is -0.496 e. The van der Waals surface area contributed by atoms with E-state index in [1.165, 1.54) is 0 Å². The summed E-state index contributed by atoms with van der Waals surface area (Å²) >= 11 is 9.30. The van der Waals surface area contributed by atoms with Gasteiger partial charge in [0, 0.05) is 21.1 Å². The molecule has 0 saturated carbocycles. The number of carbonyl (C=O) groups is 2. The summed E-state index contributed by atoms with van der Waals surface area (Å²) < 4.78 is 17.5. The van der Waals surface area contributed by atoms with Crippen LogP contribution in [0.4, 0.5) is 0 Å². The first-order valence-electron chi connectivity index (χ1n) is 9.71. The molecule has 0 aromatic heterocycles. The lowest BCUT2D eigenvalue weighted by atomic mass is 10.0. The maximum Gasteiger partial charge on any atom is 0.315 e. The van der Waals surface area contributed by atoms with Crippen LogP contribution in [-0.4, -0.2) is 18.9 Å². The summed E-state index contributed by atoms with van der Waals surface area (Å²) in [6.45, 7) is 1.78. The van der Waals surface area contributed by atoms with Crippen molar-refractivity contribution < 1.29 is 23.8 Å². The molecule has 0 fully saturated rings. The lowest BCUT2D eigenvalue weighted by molar-refractivity contribution is -0.133. The number of halogens is 2. The molecule has 1 aliphatic heterocycles. The Bertz CT molecular complexity index is 1250. The van der Waals surface area contributed by atoms with Crippen LogP contribution in [0.15, 0.2) is 64.8 Å². The molecule has 32 heavy (non-hydrogen) atoms. The number of benzene rings is 3. The second-order valence-electron chi connectivity index (χ2n) is 7.22. The zero-order valence-electron chi connectivity index (χ0n) is 17.3. The lowest BCUT2D eigenvalue weighted by Gasteiger charge is -2.08. The molecule has 4 rings (SSSR count). The predicted molar refractivity (Wildman–Crippen MR) is 126 cm³/mol. The highest BCUT2D eigenvalue weighted by atomic mass is 79.9. The summed E-state index contributed by atoms with van der Waals surface area (Å²) in [6.07, 6.45) is 1.73. The molecule has 3 aromatic rings. The number of ether oxygens (including phenoxy) is 3. The minimum absolute atomic E-state index is 0.0981. The van der Waals surface area contributed by atoms with E-state index in [4.69, 9.17) is 25.8 Å². The van der Waals surface area contributed by atoms with Gasteiger partial charge in [0.25, 0.3) is 0 Å². The molecule has 0 aliphatic carbocycles. The zero-order valence-corrected chi connectivity index (χ0v) is 19.6. The number of ketones is 1. The number of Topliss-reactive ketones (excluding diaryl/α,β-unsaturated/α-hetero) is 1. The van der Waals surface area contributed by atoms with Crippen LogP contribution in [0.3, 0.4) is 0 Å². The number of hydrogen-bond donors (Lipinski definition) is 0. The van der Waals surface area contributed by atoms with Crippen molar-refractivity contribution in [2.45, 2.75) is 13.3 Å². The van der Waals surface area contributed by atoms with E-state index in [0.29, 0.717) is 39.0 Å². The molecule has 0 bridgehead atoms. The average Bonchev–Trinajstić information content (AvgIpc) is 3.05. The summed E-state index contributed by atoms with van der Waals surface area (Å²) in [4.78, 5) is 25.3. The molecule has 5 nitrogen and oxygen atoms in total. The number of rotatable bonds is 5. The van der Waals surface area contributed by atoms with Crippen LogP contribution in [0.1, 0.15) is 27.0 Å². The highest BCUT2D eigenvalue weighted by Crippen LogP contribution is 2.38.